The lowest BCUT2D eigenvalue weighted by Gasteiger charge is -2.25. The van der Waals surface area contributed by atoms with E-state index in [4.69, 9.17) is 4.98 Å². The van der Waals surface area contributed by atoms with Crippen LogP contribution in [0, 0.1) is 11.5 Å². The number of hydrogen-bond acceptors (Lipinski definition) is 6. The molecule has 1 aromatic carbocycles. The van der Waals surface area contributed by atoms with Gasteiger partial charge in [-0.2, -0.15) is 0 Å². The molecule has 9 nitrogen and oxygen atoms in total. The summed E-state index contributed by atoms with van der Waals surface area (Å²) in [6.07, 6.45) is 3.80. The molecule has 2 aromatic heterocycles. The van der Waals surface area contributed by atoms with Gasteiger partial charge >= 0.3 is 6.09 Å². The van der Waals surface area contributed by atoms with Crippen LogP contribution in [-0.2, 0) is 10.0 Å². The topological polar surface area (TPSA) is 117 Å². The molecule has 0 spiro atoms. The third kappa shape index (κ3) is 5.10. The van der Waals surface area contributed by atoms with Gasteiger partial charge in [-0.3, -0.25) is 0 Å². The van der Waals surface area contributed by atoms with E-state index in [9.17, 15) is 18.3 Å². The van der Waals surface area contributed by atoms with E-state index in [2.05, 4.69) is 52.6 Å². The largest absolute Gasteiger partial charge is 0.464 e. The van der Waals surface area contributed by atoms with E-state index in [0.29, 0.717) is 22.3 Å². The Kier molecular flexibility index (Phi) is 6.48. The Labute approximate surface area is 206 Å². The lowest BCUT2D eigenvalue weighted by molar-refractivity contribution is 0.197. The zero-order chi connectivity index (χ0) is 25.5. The van der Waals surface area contributed by atoms with Crippen molar-refractivity contribution >= 4 is 41.0 Å². The summed E-state index contributed by atoms with van der Waals surface area (Å²) in [5.74, 6) is 3.10. The summed E-state index contributed by atoms with van der Waals surface area (Å²) in [6.45, 7) is 9.26. The Morgan fingerprint density at radius 3 is 2.60 bits per heavy atom. The minimum atomic E-state index is -3.71. The predicted octanol–water partition coefficient (Wildman–Crippen LogP) is 3.75. The molecule has 3 aromatic rings. The van der Waals surface area contributed by atoms with E-state index in [1.165, 1.54) is 19.4 Å². The summed E-state index contributed by atoms with van der Waals surface area (Å²) < 4.78 is 28.8. The van der Waals surface area contributed by atoms with Crippen LogP contribution in [0.3, 0.4) is 0 Å². The highest BCUT2D eigenvalue weighted by atomic mass is 32.2. The van der Waals surface area contributed by atoms with Gasteiger partial charge in [-0.1, -0.05) is 25.6 Å². The number of nitrogens with zero attached hydrogens (tertiary/aromatic N) is 4. The number of carbonyl (C=O) groups is 1. The minimum absolute atomic E-state index is 0.135. The number of sulfonamides is 1. The van der Waals surface area contributed by atoms with Crippen molar-refractivity contribution in [2.75, 3.05) is 18.5 Å². The Bertz CT molecular complexity index is 1480. The SMILES string of the molecule is CNS(=O)(=O)c1cc(-c2cnc3c(n2)c(C#C[Si](C)(C)C)cn3C(=O)O)cc(N2CCCC2C)c1. The zero-order valence-electron chi connectivity index (χ0n) is 20.5. The van der Waals surface area contributed by atoms with Crippen LogP contribution in [-0.4, -0.2) is 61.9 Å². The van der Waals surface area contributed by atoms with Crippen LogP contribution in [0.5, 0.6) is 0 Å². The third-order valence-corrected chi connectivity index (χ3v) is 8.19. The van der Waals surface area contributed by atoms with Crippen molar-refractivity contribution in [3.63, 3.8) is 0 Å². The molecule has 1 aliphatic heterocycles. The van der Waals surface area contributed by atoms with E-state index in [-0.39, 0.29) is 16.6 Å². The van der Waals surface area contributed by atoms with Crippen LogP contribution in [0.2, 0.25) is 19.6 Å². The van der Waals surface area contributed by atoms with E-state index in [1.54, 1.807) is 12.1 Å². The highest BCUT2D eigenvalue weighted by molar-refractivity contribution is 7.89. The monoisotopic (exact) mass is 511 g/mol. The summed E-state index contributed by atoms with van der Waals surface area (Å²) in [5.41, 5.74) is 6.11. The van der Waals surface area contributed by atoms with Gasteiger partial charge in [-0.05, 0) is 45.0 Å². The van der Waals surface area contributed by atoms with Crippen molar-refractivity contribution in [2.45, 2.75) is 50.3 Å². The number of rotatable bonds is 4. The molecular weight excluding hydrogens is 482 g/mol. The molecule has 0 aliphatic carbocycles. The maximum absolute atomic E-state index is 12.7. The first-order chi connectivity index (χ1) is 16.4. The highest BCUT2D eigenvalue weighted by Crippen LogP contribution is 2.33. The molecule has 1 saturated heterocycles. The van der Waals surface area contributed by atoms with Crippen molar-refractivity contribution < 1.29 is 18.3 Å². The average molecular weight is 512 g/mol. The Hall–Kier alpha value is -3.20. The summed E-state index contributed by atoms with van der Waals surface area (Å²) in [6, 6.07) is 5.44. The molecule has 11 heteroatoms. The molecule has 1 atom stereocenters. The first-order valence-corrected chi connectivity index (χ1v) is 16.4. The van der Waals surface area contributed by atoms with Gasteiger partial charge in [0.1, 0.15) is 13.6 Å². The molecule has 2 N–H and O–H groups in total. The van der Waals surface area contributed by atoms with Crippen LogP contribution < -0.4 is 9.62 Å². The van der Waals surface area contributed by atoms with Crippen molar-refractivity contribution in [1.82, 2.24) is 19.3 Å². The fraction of sp³-hybridized carbons (Fsp3) is 0.375. The van der Waals surface area contributed by atoms with Crippen molar-refractivity contribution in [2.24, 2.45) is 0 Å². The minimum Gasteiger partial charge on any atom is -0.464 e. The van der Waals surface area contributed by atoms with E-state index >= 15 is 0 Å². The van der Waals surface area contributed by atoms with Crippen LogP contribution in [0.15, 0.2) is 35.5 Å². The van der Waals surface area contributed by atoms with Gasteiger partial charge in [0.05, 0.1) is 22.3 Å². The van der Waals surface area contributed by atoms with Crippen molar-refractivity contribution in [1.29, 1.82) is 0 Å². The molecule has 35 heavy (non-hydrogen) atoms. The Balaban J connectivity index is 1.93. The molecule has 1 unspecified atom stereocenters. The van der Waals surface area contributed by atoms with Gasteiger partial charge in [0.2, 0.25) is 10.0 Å². The lowest BCUT2D eigenvalue weighted by atomic mass is 10.1. The molecule has 3 heterocycles. The lowest BCUT2D eigenvalue weighted by Crippen LogP contribution is -2.27. The van der Waals surface area contributed by atoms with Crippen LogP contribution in [0.25, 0.3) is 22.4 Å². The molecule has 1 fully saturated rings. The summed E-state index contributed by atoms with van der Waals surface area (Å²) in [4.78, 5) is 23.2. The molecule has 0 saturated carbocycles. The molecule has 4 rings (SSSR count). The average Bonchev–Trinajstić information content (AvgIpc) is 3.40. The molecule has 0 bridgehead atoms. The van der Waals surface area contributed by atoms with Gasteiger partial charge in [-0.15, -0.1) is 5.54 Å². The number of hydrogen-bond donors (Lipinski definition) is 2. The van der Waals surface area contributed by atoms with Gasteiger partial charge < -0.3 is 10.0 Å². The second-order valence-electron chi connectivity index (χ2n) is 9.73. The maximum Gasteiger partial charge on any atom is 0.417 e. The first kappa shape index (κ1) is 24.9. The van der Waals surface area contributed by atoms with E-state index < -0.39 is 24.2 Å². The van der Waals surface area contributed by atoms with Crippen LogP contribution in [0.4, 0.5) is 10.5 Å². The zero-order valence-corrected chi connectivity index (χ0v) is 22.3. The number of nitrogens with one attached hydrogen (secondary N) is 1. The number of anilines is 1. The van der Waals surface area contributed by atoms with Gasteiger partial charge in [-0.25, -0.2) is 32.5 Å². The fourth-order valence-electron chi connectivity index (χ4n) is 4.11. The quantitative estimate of drug-likeness (QED) is 0.405. The summed E-state index contributed by atoms with van der Waals surface area (Å²) in [5, 5.41) is 9.62. The first-order valence-electron chi connectivity index (χ1n) is 11.4. The van der Waals surface area contributed by atoms with Gasteiger partial charge in [0.15, 0.2) is 5.65 Å². The van der Waals surface area contributed by atoms with Crippen molar-refractivity contribution in [3.05, 3.63) is 36.2 Å². The fourth-order valence-corrected chi connectivity index (χ4v) is 5.41. The summed E-state index contributed by atoms with van der Waals surface area (Å²) >= 11 is 0. The standard InChI is InChI=1S/C24H29N5O4SSi/c1-16-7-6-9-28(16)19-11-18(12-20(13-19)34(32,33)25-2)21-14-26-23-22(27-21)17(8-10-35(3,4)5)15-29(23)24(30)31/h11-16,25H,6-7,9H2,1-5H3,(H,30,31). The molecule has 1 aliphatic rings. The molecule has 0 amide bonds. The van der Waals surface area contributed by atoms with Crippen molar-refractivity contribution in [3.8, 4) is 22.7 Å². The van der Waals surface area contributed by atoms with E-state index in [0.717, 1.165) is 29.6 Å². The molecule has 0 radical (unpaired) electrons. The second kappa shape index (κ2) is 9.11. The number of fused-ring (bicyclic) bond motifs is 1. The molecular formula is C24H29N5O4SSi. The van der Waals surface area contributed by atoms with Crippen LogP contribution in [0.1, 0.15) is 25.3 Å². The highest BCUT2D eigenvalue weighted by Gasteiger charge is 2.24. The third-order valence-electron chi connectivity index (χ3n) is 5.92. The van der Waals surface area contributed by atoms with E-state index in [1.807, 2.05) is 6.07 Å². The normalized spacial score (nSPS) is 16.4. The van der Waals surface area contributed by atoms with Gasteiger partial charge in [0.25, 0.3) is 0 Å². The predicted molar refractivity (Wildman–Crippen MR) is 139 cm³/mol. The number of aromatic nitrogens is 3. The Morgan fingerprint density at radius 1 is 1.26 bits per heavy atom. The smallest absolute Gasteiger partial charge is 0.417 e. The van der Waals surface area contributed by atoms with Gasteiger partial charge in [0, 0.05) is 30.0 Å². The number of carboxylic acid groups (broad SMARTS) is 1. The molecule has 184 valence electrons. The summed E-state index contributed by atoms with van der Waals surface area (Å²) in [7, 11) is -4.06. The van der Waals surface area contributed by atoms with Crippen LogP contribution >= 0.6 is 0 Å². The maximum atomic E-state index is 12.7. The second-order valence-corrected chi connectivity index (χ2v) is 16.4. The Morgan fingerprint density at radius 2 is 2.00 bits per heavy atom. The number of benzene rings is 1.